The summed E-state index contributed by atoms with van der Waals surface area (Å²) < 4.78 is 0. The highest BCUT2D eigenvalue weighted by Crippen LogP contribution is 2.07. The number of carbonyl (C=O) groups excluding carboxylic acids is 2. The summed E-state index contributed by atoms with van der Waals surface area (Å²) in [6.45, 7) is 1.86. The number of rotatable bonds is 7. The molecule has 0 spiro atoms. The topological polar surface area (TPSA) is 34.1 Å². The zero-order valence-electron chi connectivity index (χ0n) is 6.93. The number of hydrogen-bond acceptors (Lipinski definition) is 2. The maximum absolute atomic E-state index is 10.0. The summed E-state index contributed by atoms with van der Waals surface area (Å²) in [5.41, 5.74) is 0. The van der Waals surface area contributed by atoms with Crippen LogP contribution in [0.4, 0.5) is 0 Å². The quantitative estimate of drug-likeness (QED) is 0.524. The van der Waals surface area contributed by atoms with Crippen LogP contribution in [0.3, 0.4) is 0 Å². The molecule has 0 fully saturated rings. The van der Waals surface area contributed by atoms with Gasteiger partial charge in [-0.3, -0.25) is 9.59 Å². The van der Waals surface area contributed by atoms with Gasteiger partial charge in [0.05, 0.1) is 0 Å². The van der Waals surface area contributed by atoms with Crippen molar-refractivity contribution in [2.45, 2.75) is 39.0 Å². The molecule has 2 radical (unpaired) electrons. The molecule has 1 unspecified atom stereocenters. The maximum atomic E-state index is 10.0. The van der Waals surface area contributed by atoms with E-state index < -0.39 is 0 Å². The Morgan fingerprint density at radius 1 is 1.18 bits per heavy atom. The van der Waals surface area contributed by atoms with Crippen molar-refractivity contribution in [1.82, 2.24) is 0 Å². The van der Waals surface area contributed by atoms with E-state index in [1.807, 2.05) is 19.5 Å². The summed E-state index contributed by atoms with van der Waals surface area (Å²) in [5.74, 6) is 0.0511. The van der Waals surface area contributed by atoms with Gasteiger partial charge >= 0.3 is 0 Å². The van der Waals surface area contributed by atoms with Gasteiger partial charge in [-0.05, 0) is 12.8 Å². The van der Waals surface area contributed by atoms with Gasteiger partial charge in [0, 0.05) is 12.3 Å². The second-order valence-corrected chi connectivity index (χ2v) is 2.76. The van der Waals surface area contributed by atoms with Gasteiger partial charge in [0.2, 0.25) is 6.29 Å². The highest BCUT2D eigenvalue weighted by atomic mass is 16.1. The van der Waals surface area contributed by atoms with Crippen molar-refractivity contribution >= 4 is 12.6 Å². The van der Waals surface area contributed by atoms with Crippen molar-refractivity contribution in [3.05, 3.63) is 0 Å². The lowest BCUT2D eigenvalue weighted by atomic mass is 10.0. The Kier molecular flexibility index (Phi) is 7.00. The summed E-state index contributed by atoms with van der Waals surface area (Å²) in [7, 11) is 0. The fourth-order valence-corrected chi connectivity index (χ4v) is 0.883. The first kappa shape index (κ1) is 10.3. The van der Waals surface area contributed by atoms with E-state index >= 15 is 0 Å². The van der Waals surface area contributed by atoms with E-state index in [2.05, 4.69) is 0 Å². The monoisotopic (exact) mass is 154 g/mol. The Morgan fingerprint density at radius 3 is 2.45 bits per heavy atom. The summed E-state index contributed by atoms with van der Waals surface area (Å²) in [5, 5.41) is 0. The van der Waals surface area contributed by atoms with Crippen molar-refractivity contribution in [2.75, 3.05) is 0 Å². The van der Waals surface area contributed by atoms with E-state index in [4.69, 9.17) is 0 Å². The summed E-state index contributed by atoms with van der Waals surface area (Å²) in [6, 6.07) is 0. The molecule has 0 bridgehead atoms. The van der Waals surface area contributed by atoms with Crippen LogP contribution in [0, 0.1) is 5.92 Å². The Morgan fingerprint density at radius 2 is 1.91 bits per heavy atom. The van der Waals surface area contributed by atoms with E-state index in [-0.39, 0.29) is 5.92 Å². The predicted molar refractivity (Wildman–Crippen MR) is 43.6 cm³/mol. The molecule has 0 aromatic heterocycles. The molecule has 0 N–H and O–H groups in total. The van der Waals surface area contributed by atoms with Gasteiger partial charge in [-0.25, -0.2) is 0 Å². The van der Waals surface area contributed by atoms with E-state index in [0.717, 1.165) is 25.7 Å². The third kappa shape index (κ3) is 7.23. The summed E-state index contributed by atoms with van der Waals surface area (Å²) >= 11 is 0. The molecule has 0 amide bonds. The minimum atomic E-state index is 0.0511. The summed E-state index contributed by atoms with van der Waals surface area (Å²) in [6.07, 6.45) is 8.11. The molecule has 62 valence electrons. The standard InChI is InChI=1S/C9H14O2/c1-9(8-11)6-4-2-3-5-7-10/h9H,2-6H2,1H3. The number of hydrogen-bond donors (Lipinski definition) is 0. The van der Waals surface area contributed by atoms with Crippen LogP contribution in [0.15, 0.2) is 0 Å². The highest BCUT2D eigenvalue weighted by Gasteiger charge is 1.99. The molecule has 0 heterocycles. The molecule has 0 aliphatic heterocycles. The minimum absolute atomic E-state index is 0.0511. The molecule has 0 aromatic rings. The fourth-order valence-electron chi connectivity index (χ4n) is 0.883. The zero-order chi connectivity index (χ0) is 8.53. The Labute approximate surface area is 68.0 Å². The van der Waals surface area contributed by atoms with Crippen LogP contribution in [0.5, 0.6) is 0 Å². The van der Waals surface area contributed by atoms with Gasteiger partial charge in [-0.15, -0.1) is 0 Å². The Balaban J connectivity index is 3.01. The molecule has 0 aromatic carbocycles. The van der Waals surface area contributed by atoms with Crippen LogP contribution in [0.1, 0.15) is 39.0 Å². The van der Waals surface area contributed by atoms with Crippen molar-refractivity contribution in [3.63, 3.8) is 0 Å². The fraction of sp³-hybridized carbons (Fsp3) is 0.778. The second-order valence-electron chi connectivity index (χ2n) is 2.76. The van der Waals surface area contributed by atoms with Gasteiger partial charge in [0.25, 0.3) is 0 Å². The molecule has 0 saturated heterocycles. The van der Waals surface area contributed by atoms with E-state index in [1.54, 1.807) is 0 Å². The number of unbranched alkanes of at least 4 members (excludes halogenated alkanes) is 3. The van der Waals surface area contributed by atoms with Crippen LogP contribution in [0.25, 0.3) is 0 Å². The van der Waals surface area contributed by atoms with Crippen molar-refractivity contribution in [1.29, 1.82) is 0 Å². The molecular weight excluding hydrogens is 140 g/mol. The molecule has 0 aliphatic carbocycles. The van der Waals surface area contributed by atoms with E-state index in [9.17, 15) is 9.59 Å². The van der Waals surface area contributed by atoms with Crippen molar-refractivity contribution < 1.29 is 9.59 Å². The average molecular weight is 154 g/mol. The minimum Gasteiger partial charge on any atom is -0.291 e. The van der Waals surface area contributed by atoms with Crippen LogP contribution in [-0.4, -0.2) is 12.6 Å². The highest BCUT2D eigenvalue weighted by molar-refractivity contribution is 5.53. The largest absolute Gasteiger partial charge is 0.291 e. The first-order chi connectivity index (χ1) is 5.31. The lowest BCUT2D eigenvalue weighted by Gasteiger charge is -1.99. The molecule has 2 heteroatoms. The Bertz CT molecular complexity index is 110. The van der Waals surface area contributed by atoms with Crippen molar-refractivity contribution in [3.8, 4) is 0 Å². The van der Waals surface area contributed by atoms with Crippen LogP contribution >= 0.6 is 0 Å². The van der Waals surface area contributed by atoms with E-state index in [1.165, 1.54) is 0 Å². The normalized spacial score (nSPS) is 12.5. The average Bonchev–Trinajstić information content (AvgIpc) is 2.04. The molecular formula is C9H14O2. The van der Waals surface area contributed by atoms with E-state index in [0.29, 0.717) is 6.42 Å². The van der Waals surface area contributed by atoms with Gasteiger partial charge in [0.1, 0.15) is 0 Å². The zero-order valence-corrected chi connectivity index (χ0v) is 6.93. The second kappa shape index (κ2) is 7.45. The van der Waals surface area contributed by atoms with Gasteiger partial charge in [-0.1, -0.05) is 19.8 Å². The van der Waals surface area contributed by atoms with Crippen LogP contribution < -0.4 is 0 Å². The van der Waals surface area contributed by atoms with Gasteiger partial charge in [0.15, 0.2) is 6.29 Å². The third-order valence-corrected chi connectivity index (χ3v) is 1.62. The van der Waals surface area contributed by atoms with Crippen LogP contribution in [-0.2, 0) is 9.59 Å². The van der Waals surface area contributed by atoms with Crippen LogP contribution in [0.2, 0.25) is 0 Å². The molecule has 0 saturated carbocycles. The van der Waals surface area contributed by atoms with Crippen molar-refractivity contribution in [2.24, 2.45) is 5.92 Å². The Hall–Kier alpha value is -0.660. The smallest absolute Gasteiger partial charge is 0.201 e. The lowest BCUT2D eigenvalue weighted by molar-refractivity contribution is 0.504. The SMILES string of the molecule is CC([C]=O)CCCCC[C]=O. The predicted octanol–water partition coefficient (Wildman–Crippen LogP) is 1.79. The van der Waals surface area contributed by atoms with Gasteiger partial charge < -0.3 is 0 Å². The lowest BCUT2D eigenvalue weighted by Crippen LogP contribution is -1.94. The first-order valence-corrected chi connectivity index (χ1v) is 4.04. The maximum Gasteiger partial charge on any atom is 0.201 e. The van der Waals surface area contributed by atoms with Gasteiger partial charge in [-0.2, -0.15) is 0 Å². The molecule has 2 nitrogen and oxygen atoms in total. The molecule has 0 aliphatic rings. The summed E-state index contributed by atoms with van der Waals surface area (Å²) in [4.78, 5) is 19.8. The first-order valence-electron chi connectivity index (χ1n) is 4.04. The molecule has 11 heavy (non-hydrogen) atoms. The molecule has 0 rings (SSSR count). The molecule has 1 atom stereocenters. The third-order valence-electron chi connectivity index (χ3n) is 1.62.